The summed E-state index contributed by atoms with van der Waals surface area (Å²) in [6.45, 7) is -0.930. The van der Waals surface area contributed by atoms with Crippen molar-refractivity contribution in [3.05, 3.63) is 10.4 Å². The lowest BCUT2D eigenvalue weighted by Crippen LogP contribution is -2.60. The second-order valence-corrected chi connectivity index (χ2v) is 3.40. The highest BCUT2D eigenvalue weighted by Crippen LogP contribution is 2.27. The smallest absolute Gasteiger partial charge is 0.218 e. The first-order valence-electron chi connectivity index (χ1n) is 4.41. The topological polar surface area (TPSA) is 139 Å². The van der Waals surface area contributed by atoms with Crippen molar-refractivity contribution in [3.63, 3.8) is 0 Å². The van der Waals surface area contributed by atoms with Crippen LogP contribution in [-0.4, -0.2) is 57.7 Å². The normalized spacial score (nSPS) is 40.9. The first-order chi connectivity index (χ1) is 7.03. The maximum atomic E-state index is 9.57. The first-order valence-corrected chi connectivity index (χ1v) is 4.41. The molecule has 0 unspecified atom stereocenters. The van der Waals surface area contributed by atoms with Crippen LogP contribution in [0.1, 0.15) is 6.42 Å². The second kappa shape index (κ2) is 4.75. The van der Waals surface area contributed by atoms with Gasteiger partial charge in [-0.25, -0.2) is 0 Å². The van der Waals surface area contributed by atoms with Gasteiger partial charge in [-0.15, -0.1) is 0 Å². The Labute approximate surface area is 85.3 Å². The molecule has 0 spiro atoms. The minimum absolute atomic E-state index is 0.0303. The summed E-state index contributed by atoms with van der Waals surface area (Å²) < 4.78 is 4.94. The Kier molecular flexibility index (Phi) is 3.86. The van der Waals surface area contributed by atoms with Crippen LogP contribution in [0.5, 0.6) is 0 Å². The Morgan fingerprint density at radius 3 is 2.73 bits per heavy atom. The lowest BCUT2D eigenvalue weighted by molar-refractivity contribution is -0.330. The van der Waals surface area contributed by atoms with Gasteiger partial charge < -0.3 is 25.2 Å². The molecule has 8 nitrogen and oxygen atoms in total. The molecule has 0 aromatic carbocycles. The van der Waals surface area contributed by atoms with Gasteiger partial charge in [0, 0.05) is 11.3 Å². The van der Waals surface area contributed by atoms with Gasteiger partial charge in [0.25, 0.3) is 0 Å². The van der Waals surface area contributed by atoms with E-state index in [9.17, 15) is 15.3 Å². The number of hydrogen-bond acceptors (Lipinski definition) is 6. The van der Waals surface area contributed by atoms with Crippen molar-refractivity contribution in [2.24, 2.45) is 5.11 Å². The molecule has 1 fully saturated rings. The highest BCUT2D eigenvalue weighted by Gasteiger charge is 2.47. The third-order valence-corrected chi connectivity index (χ3v) is 2.28. The molecule has 1 aliphatic heterocycles. The van der Waals surface area contributed by atoms with Gasteiger partial charge in [0.05, 0.1) is 25.4 Å². The monoisotopic (exact) mass is 219 g/mol. The zero-order valence-corrected chi connectivity index (χ0v) is 7.89. The number of rotatable bonds is 3. The molecule has 0 bridgehead atoms. The SMILES string of the molecule is [N-]=[N+]=NC[C@@H]1C[C@@H](O)[C@H](O)[C@](O)(CO)O1. The molecule has 0 radical (unpaired) electrons. The van der Waals surface area contributed by atoms with Gasteiger partial charge in [-0.1, -0.05) is 5.11 Å². The van der Waals surface area contributed by atoms with Crippen LogP contribution in [0.25, 0.3) is 10.4 Å². The Hall–Kier alpha value is -0.890. The summed E-state index contributed by atoms with van der Waals surface area (Å²) in [7, 11) is 0. The van der Waals surface area contributed by atoms with Crippen molar-refractivity contribution in [3.8, 4) is 0 Å². The van der Waals surface area contributed by atoms with Crippen molar-refractivity contribution in [2.75, 3.05) is 13.2 Å². The van der Waals surface area contributed by atoms with Crippen LogP contribution in [0.4, 0.5) is 0 Å². The fraction of sp³-hybridized carbons (Fsp3) is 1.00. The van der Waals surface area contributed by atoms with Crippen molar-refractivity contribution in [1.29, 1.82) is 0 Å². The van der Waals surface area contributed by atoms with Gasteiger partial charge >= 0.3 is 0 Å². The van der Waals surface area contributed by atoms with Crippen LogP contribution in [0.2, 0.25) is 0 Å². The predicted octanol–water partition coefficient (Wildman–Crippen LogP) is -1.51. The lowest BCUT2D eigenvalue weighted by Gasteiger charge is -2.41. The Balaban J connectivity index is 2.70. The predicted molar refractivity (Wildman–Crippen MR) is 47.6 cm³/mol. The molecule has 15 heavy (non-hydrogen) atoms. The Morgan fingerprint density at radius 2 is 2.20 bits per heavy atom. The zero-order chi connectivity index (χ0) is 11.5. The van der Waals surface area contributed by atoms with Crippen molar-refractivity contribution >= 4 is 0 Å². The van der Waals surface area contributed by atoms with E-state index in [4.69, 9.17) is 15.4 Å². The summed E-state index contributed by atoms with van der Waals surface area (Å²) >= 11 is 0. The van der Waals surface area contributed by atoms with Gasteiger partial charge in [-0.3, -0.25) is 0 Å². The number of ether oxygens (including phenoxy) is 1. The van der Waals surface area contributed by atoms with Crippen LogP contribution >= 0.6 is 0 Å². The summed E-state index contributed by atoms with van der Waals surface area (Å²) in [5, 5.41) is 40.4. The van der Waals surface area contributed by atoms with E-state index in [1.54, 1.807) is 0 Å². The summed E-state index contributed by atoms with van der Waals surface area (Å²) in [5.74, 6) is -2.20. The highest BCUT2D eigenvalue weighted by molar-refractivity contribution is 4.90. The first kappa shape index (κ1) is 12.2. The molecule has 1 saturated heterocycles. The van der Waals surface area contributed by atoms with E-state index in [1.807, 2.05) is 0 Å². The number of aliphatic hydroxyl groups excluding tert-OH is 3. The van der Waals surface area contributed by atoms with Gasteiger partial charge in [0.2, 0.25) is 5.79 Å². The minimum atomic E-state index is -2.20. The summed E-state index contributed by atoms with van der Waals surface area (Å²) in [4.78, 5) is 2.50. The van der Waals surface area contributed by atoms with Crippen LogP contribution in [0.3, 0.4) is 0 Å². The van der Waals surface area contributed by atoms with E-state index >= 15 is 0 Å². The molecule has 4 N–H and O–H groups in total. The van der Waals surface area contributed by atoms with Gasteiger partial charge in [0.1, 0.15) is 6.10 Å². The summed E-state index contributed by atoms with van der Waals surface area (Å²) in [5.41, 5.74) is 8.08. The Morgan fingerprint density at radius 1 is 1.53 bits per heavy atom. The van der Waals surface area contributed by atoms with Gasteiger partial charge in [-0.2, -0.15) is 0 Å². The van der Waals surface area contributed by atoms with E-state index in [0.717, 1.165) is 0 Å². The van der Waals surface area contributed by atoms with Gasteiger partial charge in [-0.05, 0) is 5.53 Å². The summed E-state index contributed by atoms with van der Waals surface area (Å²) in [6.07, 6.45) is -3.50. The molecule has 1 heterocycles. The maximum absolute atomic E-state index is 9.57. The molecule has 86 valence electrons. The molecule has 4 atom stereocenters. The molecular formula is C7H13N3O5. The summed E-state index contributed by atoms with van der Waals surface area (Å²) in [6, 6.07) is 0. The number of nitrogens with zero attached hydrogens (tertiary/aromatic N) is 3. The maximum Gasteiger partial charge on any atom is 0.218 e. The van der Waals surface area contributed by atoms with Gasteiger partial charge in [0.15, 0.2) is 0 Å². The third-order valence-electron chi connectivity index (χ3n) is 2.28. The van der Waals surface area contributed by atoms with Crippen molar-refractivity contribution in [2.45, 2.75) is 30.5 Å². The van der Waals surface area contributed by atoms with Crippen LogP contribution in [0.15, 0.2) is 5.11 Å². The highest BCUT2D eigenvalue weighted by atomic mass is 16.7. The van der Waals surface area contributed by atoms with Crippen LogP contribution in [-0.2, 0) is 4.74 Å². The largest absolute Gasteiger partial charge is 0.391 e. The number of aliphatic hydroxyl groups is 4. The second-order valence-electron chi connectivity index (χ2n) is 3.40. The van der Waals surface area contributed by atoms with Crippen LogP contribution in [0, 0.1) is 0 Å². The molecule has 0 aromatic heterocycles. The average molecular weight is 219 g/mol. The standard InChI is InChI=1S/C7H13N3O5/c8-10-9-2-4-1-5(12)6(13)7(14,3-11)15-4/h4-6,11-14H,1-3H2/t4-,5+,6-,7-/m0/s1. The number of azide groups is 1. The molecular weight excluding hydrogens is 206 g/mol. The van der Waals surface area contributed by atoms with E-state index in [-0.39, 0.29) is 13.0 Å². The fourth-order valence-corrected chi connectivity index (χ4v) is 1.48. The molecule has 0 aromatic rings. The quantitative estimate of drug-likeness (QED) is 0.259. The van der Waals surface area contributed by atoms with Crippen molar-refractivity contribution in [1.82, 2.24) is 0 Å². The van der Waals surface area contributed by atoms with E-state index in [2.05, 4.69) is 10.0 Å². The Bertz CT molecular complexity index is 269. The lowest BCUT2D eigenvalue weighted by atomic mass is 9.95. The molecule has 0 amide bonds. The molecule has 8 heteroatoms. The number of hydrogen-bond donors (Lipinski definition) is 4. The molecule has 0 aliphatic carbocycles. The molecule has 1 aliphatic rings. The minimum Gasteiger partial charge on any atom is -0.391 e. The van der Waals surface area contributed by atoms with E-state index < -0.39 is 30.7 Å². The zero-order valence-electron chi connectivity index (χ0n) is 7.89. The molecule has 1 rings (SSSR count). The molecule has 0 saturated carbocycles. The van der Waals surface area contributed by atoms with Crippen molar-refractivity contribution < 1.29 is 25.2 Å². The third kappa shape index (κ3) is 2.57. The van der Waals surface area contributed by atoms with E-state index in [0.29, 0.717) is 0 Å². The average Bonchev–Trinajstić information content (AvgIpc) is 2.23. The van der Waals surface area contributed by atoms with E-state index in [1.165, 1.54) is 0 Å². The fourth-order valence-electron chi connectivity index (χ4n) is 1.48. The van der Waals surface area contributed by atoms with Crippen LogP contribution < -0.4 is 0 Å².